The van der Waals surface area contributed by atoms with Crippen LogP contribution < -0.4 is 5.32 Å². The minimum atomic E-state index is -0.0659. The maximum Gasteiger partial charge on any atom is 0.232 e. The number of nitrogens with zero attached hydrogens (tertiary/aromatic N) is 5. The number of amides is 2. The molecule has 1 aliphatic rings. The van der Waals surface area contributed by atoms with Gasteiger partial charge in [0.15, 0.2) is 5.65 Å². The molecule has 1 saturated heterocycles. The molecular formula is C20H22N6O2S. The second-order valence-corrected chi connectivity index (χ2v) is 7.95. The molecule has 9 heteroatoms. The van der Waals surface area contributed by atoms with Crippen molar-refractivity contribution in [2.45, 2.75) is 17.9 Å². The molecule has 8 nitrogen and oxygen atoms in total. The van der Waals surface area contributed by atoms with Crippen LogP contribution >= 0.6 is 11.8 Å². The van der Waals surface area contributed by atoms with Gasteiger partial charge in [0.1, 0.15) is 11.4 Å². The predicted octanol–water partition coefficient (Wildman–Crippen LogP) is 2.33. The molecular weight excluding hydrogens is 388 g/mol. The number of fused-ring (bicyclic) bond motifs is 1. The van der Waals surface area contributed by atoms with Gasteiger partial charge in [-0.15, -0.1) is 0 Å². The zero-order valence-electron chi connectivity index (χ0n) is 16.1. The third-order valence-corrected chi connectivity index (χ3v) is 6.08. The summed E-state index contributed by atoms with van der Waals surface area (Å²) in [5, 5.41) is 8.76. The normalized spacial score (nSPS) is 14.9. The van der Waals surface area contributed by atoms with Crippen LogP contribution in [-0.4, -0.2) is 55.3 Å². The number of benzene rings is 1. The molecule has 3 aromatic rings. The van der Waals surface area contributed by atoms with E-state index in [1.54, 1.807) is 10.9 Å². The predicted molar refractivity (Wildman–Crippen MR) is 111 cm³/mol. The number of aryl methyl sites for hydroxylation is 1. The van der Waals surface area contributed by atoms with Gasteiger partial charge >= 0.3 is 0 Å². The first-order valence-corrected chi connectivity index (χ1v) is 10.5. The molecule has 0 aliphatic carbocycles. The van der Waals surface area contributed by atoms with Crippen LogP contribution in [-0.2, 0) is 16.6 Å². The third kappa shape index (κ3) is 4.40. The molecule has 1 aliphatic heterocycles. The van der Waals surface area contributed by atoms with Crippen LogP contribution in [0.1, 0.15) is 12.8 Å². The third-order valence-electron chi connectivity index (χ3n) is 5.09. The molecule has 29 heavy (non-hydrogen) atoms. The van der Waals surface area contributed by atoms with E-state index in [2.05, 4.69) is 20.4 Å². The quantitative estimate of drug-likeness (QED) is 0.513. The summed E-state index contributed by atoms with van der Waals surface area (Å²) in [7, 11) is 1.83. The number of para-hydroxylation sites is 1. The van der Waals surface area contributed by atoms with E-state index in [-0.39, 0.29) is 17.7 Å². The zero-order valence-corrected chi connectivity index (χ0v) is 16.9. The van der Waals surface area contributed by atoms with Gasteiger partial charge in [0.2, 0.25) is 11.8 Å². The molecule has 0 radical (unpaired) electrons. The van der Waals surface area contributed by atoms with Crippen LogP contribution in [0.4, 0.5) is 5.69 Å². The number of hydrogen-bond donors (Lipinski definition) is 1. The number of rotatable bonds is 5. The molecule has 1 N–H and O–H groups in total. The Kier molecular flexibility index (Phi) is 5.75. The number of nitrogens with one attached hydrogen (secondary N) is 1. The van der Waals surface area contributed by atoms with E-state index < -0.39 is 0 Å². The first-order chi connectivity index (χ1) is 14.1. The van der Waals surface area contributed by atoms with Gasteiger partial charge in [-0.1, -0.05) is 30.0 Å². The highest BCUT2D eigenvalue weighted by atomic mass is 32.2. The van der Waals surface area contributed by atoms with Gasteiger partial charge in [-0.3, -0.25) is 14.3 Å². The van der Waals surface area contributed by atoms with Crippen molar-refractivity contribution in [3.05, 3.63) is 42.9 Å². The average Bonchev–Trinajstić information content (AvgIpc) is 3.14. The Bertz CT molecular complexity index is 1010. The van der Waals surface area contributed by atoms with Crippen LogP contribution in [0.5, 0.6) is 0 Å². The van der Waals surface area contributed by atoms with Crippen LogP contribution in [0.2, 0.25) is 0 Å². The molecule has 2 amide bonds. The summed E-state index contributed by atoms with van der Waals surface area (Å²) in [6, 6.07) is 9.45. The van der Waals surface area contributed by atoms with E-state index in [4.69, 9.17) is 0 Å². The van der Waals surface area contributed by atoms with Gasteiger partial charge in [-0.2, -0.15) is 5.10 Å². The van der Waals surface area contributed by atoms with Gasteiger partial charge in [0, 0.05) is 31.7 Å². The Hall–Kier alpha value is -2.94. The summed E-state index contributed by atoms with van der Waals surface area (Å²) in [6.07, 6.45) is 4.57. The van der Waals surface area contributed by atoms with E-state index in [1.807, 2.05) is 42.3 Å². The first-order valence-electron chi connectivity index (χ1n) is 9.51. The van der Waals surface area contributed by atoms with Crippen molar-refractivity contribution < 1.29 is 9.59 Å². The Labute approximate surface area is 172 Å². The number of likely N-dealkylation sites (tertiary alicyclic amines) is 1. The molecule has 1 aromatic carbocycles. The van der Waals surface area contributed by atoms with Gasteiger partial charge in [0.25, 0.3) is 0 Å². The van der Waals surface area contributed by atoms with Gasteiger partial charge < -0.3 is 10.2 Å². The number of anilines is 1. The number of piperidine rings is 1. The van der Waals surface area contributed by atoms with E-state index in [0.29, 0.717) is 31.7 Å². The lowest BCUT2D eigenvalue weighted by Crippen LogP contribution is -2.42. The van der Waals surface area contributed by atoms with E-state index in [0.717, 1.165) is 21.7 Å². The molecule has 4 rings (SSSR count). The minimum Gasteiger partial charge on any atom is -0.342 e. The van der Waals surface area contributed by atoms with Crippen LogP contribution in [0, 0.1) is 5.92 Å². The van der Waals surface area contributed by atoms with Crippen LogP contribution in [0.25, 0.3) is 11.0 Å². The average molecular weight is 411 g/mol. The molecule has 0 saturated carbocycles. The molecule has 1 fully saturated rings. The summed E-state index contributed by atoms with van der Waals surface area (Å²) in [5.41, 5.74) is 1.55. The summed E-state index contributed by atoms with van der Waals surface area (Å²) in [4.78, 5) is 35.4. The maximum atomic E-state index is 12.6. The molecule has 3 heterocycles. The highest BCUT2D eigenvalue weighted by Crippen LogP contribution is 2.25. The van der Waals surface area contributed by atoms with E-state index >= 15 is 0 Å². The summed E-state index contributed by atoms with van der Waals surface area (Å²) >= 11 is 1.40. The lowest BCUT2D eigenvalue weighted by molar-refractivity contribution is -0.132. The molecule has 0 spiro atoms. The molecule has 150 valence electrons. The fourth-order valence-electron chi connectivity index (χ4n) is 3.43. The monoisotopic (exact) mass is 410 g/mol. The lowest BCUT2D eigenvalue weighted by Gasteiger charge is -2.31. The lowest BCUT2D eigenvalue weighted by atomic mass is 9.96. The maximum absolute atomic E-state index is 12.6. The summed E-state index contributed by atoms with van der Waals surface area (Å²) < 4.78 is 1.69. The largest absolute Gasteiger partial charge is 0.342 e. The highest BCUT2D eigenvalue weighted by Gasteiger charge is 2.27. The number of carbonyl (C=O) groups is 2. The van der Waals surface area contributed by atoms with E-state index in [1.165, 1.54) is 18.1 Å². The second-order valence-electron chi connectivity index (χ2n) is 6.98. The number of thioether (sulfide) groups is 1. The Morgan fingerprint density at radius 3 is 2.69 bits per heavy atom. The zero-order chi connectivity index (χ0) is 20.2. The van der Waals surface area contributed by atoms with Crippen molar-refractivity contribution in [1.82, 2.24) is 24.6 Å². The van der Waals surface area contributed by atoms with Crippen molar-refractivity contribution in [1.29, 1.82) is 0 Å². The van der Waals surface area contributed by atoms with Crippen molar-refractivity contribution >= 4 is 40.3 Å². The van der Waals surface area contributed by atoms with Crippen LogP contribution in [0.3, 0.4) is 0 Å². The van der Waals surface area contributed by atoms with Crippen molar-refractivity contribution in [2.24, 2.45) is 13.0 Å². The highest BCUT2D eigenvalue weighted by molar-refractivity contribution is 8.00. The van der Waals surface area contributed by atoms with E-state index in [9.17, 15) is 9.59 Å². The number of hydrogen-bond acceptors (Lipinski definition) is 6. The molecule has 0 atom stereocenters. The van der Waals surface area contributed by atoms with Gasteiger partial charge in [0.05, 0.1) is 17.3 Å². The SMILES string of the molecule is Cn1ncc2c(SCC(=O)N3CCC(C(=O)Nc4ccccc4)CC3)ncnc21. The fourth-order valence-corrected chi connectivity index (χ4v) is 4.30. The number of aromatic nitrogens is 4. The van der Waals surface area contributed by atoms with Crippen molar-refractivity contribution in [3.63, 3.8) is 0 Å². The molecule has 2 aromatic heterocycles. The Morgan fingerprint density at radius 2 is 1.93 bits per heavy atom. The van der Waals surface area contributed by atoms with Crippen molar-refractivity contribution in [3.8, 4) is 0 Å². The second kappa shape index (κ2) is 8.60. The standard InChI is InChI=1S/C20H22N6O2S/c1-25-18-16(11-23-25)20(22-13-21-18)29-12-17(27)26-9-7-14(8-10-26)19(28)24-15-5-3-2-4-6-15/h2-6,11,13-14H,7-10,12H2,1H3,(H,24,28). The van der Waals surface area contributed by atoms with Crippen molar-refractivity contribution in [2.75, 3.05) is 24.2 Å². The first kappa shape index (κ1) is 19.4. The minimum absolute atomic E-state index is 0.0256. The molecule has 0 bridgehead atoms. The smallest absolute Gasteiger partial charge is 0.232 e. The van der Waals surface area contributed by atoms with Gasteiger partial charge in [-0.25, -0.2) is 9.97 Å². The fraction of sp³-hybridized carbons (Fsp3) is 0.350. The Morgan fingerprint density at radius 1 is 1.17 bits per heavy atom. The summed E-state index contributed by atoms with van der Waals surface area (Å²) in [5.74, 6) is 0.330. The van der Waals surface area contributed by atoms with Crippen LogP contribution in [0.15, 0.2) is 47.9 Å². The number of carbonyl (C=O) groups excluding carboxylic acids is 2. The Balaban J connectivity index is 1.28. The summed E-state index contributed by atoms with van der Waals surface area (Å²) in [6.45, 7) is 1.19. The van der Waals surface area contributed by atoms with Gasteiger partial charge in [-0.05, 0) is 25.0 Å². The topological polar surface area (TPSA) is 93.0 Å². The molecule has 0 unspecified atom stereocenters.